The first kappa shape index (κ1) is 12.6. The number of alkyl halides is 1. The van der Waals surface area contributed by atoms with Gasteiger partial charge in [-0.1, -0.05) is 0 Å². The maximum Gasteiger partial charge on any atom is 0.200 e. The van der Waals surface area contributed by atoms with Gasteiger partial charge in [0.25, 0.3) is 0 Å². The van der Waals surface area contributed by atoms with Gasteiger partial charge in [0.05, 0.1) is 12.7 Å². The Bertz CT molecular complexity index is 539. The van der Waals surface area contributed by atoms with Crippen LogP contribution in [0.5, 0.6) is 0 Å². The summed E-state index contributed by atoms with van der Waals surface area (Å²) in [6, 6.07) is 3.82. The summed E-state index contributed by atoms with van der Waals surface area (Å²) in [5.74, 6) is 1.45. The smallest absolute Gasteiger partial charge is 0.200 e. The van der Waals surface area contributed by atoms with Gasteiger partial charge in [0.1, 0.15) is 0 Å². The number of rotatable bonds is 4. The number of ether oxygens (including phenoxy) is 1. The number of fused-ring (bicyclic) bond motifs is 1. The van der Waals surface area contributed by atoms with Crippen LogP contribution in [0, 0.1) is 0 Å². The molecule has 3 heterocycles. The minimum Gasteiger partial charge on any atom is -0.377 e. The topological polar surface area (TPSA) is 68.4 Å². The maximum absolute atomic E-state index is 5.66. The predicted octanol–water partition coefficient (Wildman–Crippen LogP) is 0.743. The van der Waals surface area contributed by atoms with Gasteiger partial charge < -0.3 is 9.64 Å². The van der Waals surface area contributed by atoms with E-state index in [2.05, 4.69) is 25.5 Å². The summed E-state index contributed by atoms with van der Waals surface area (Å²) in [7, 11) is 0. The van der Waals surface area contributed by atoms with Gasteiger partial charge in [0, 0.05) is 19.0 Å². The Morgan fingerprint density at radius 1 is 1.32 bits per heavy atom. The van der Waals surface area contributed by atoms with Crippen molar-refractivity contribution in [1.29, 1.82) is 0 Å². The summed E-state index contributed by atoms with van der Waals surface area (Å²) in [5, 5.41) is 15.6. The SMILES string of the molecule is ClCCOC1CCN(c2ccc3nnnn3n2)CC1. The van der Waals surface area contributed by atoms with E-state index in [0.717, 1.165) is 31.7 Å². The number of hydrogen-bond donors (Lipinski definition) is 0. The number of nitrogens with zero attached hydrogens (tertiary/aromatic N) is 6. The van der Waals surface area contributed by atoms with Gasteiger partial charge in [-0.05, 0) is 35.4 Å². The molecule has 0 unspecified atom stereocenters. The Morgan fingerprint density at radius 2 is 2.16 bits per heavy atom. The molecule has 0 N–H and O–H groups in total. The largest absolute Gasteiger partial charge is 0.377 e. The Hall–Kier alpha value is -1.47. The molecule has 1 fully saturated rings. The van der Waals surface area contributed by atoms with Crippen LogP contribution in [0.1, 0.15) is 12.8 Å². The minimum atomic E-state index is 0.312. The number of piperidine rings is 1. The molecule has 3 rings (SSSR count). The van der Waals surface area contributed by atoms with Gasteiger partial charge in [-0.2, -0.15) is 0 Å². The Morgan fingerprint density at radius 3 is 2.95 bits per heavy atom. The Balaban J connectivity index is 1.64. The van der Waals surface area contributed by atoms with E-state index >= 15 is 0 Å². The van der Waals surface area contributed by atoms with Crippen LogP contribution in [-0.4, -0.2) is 56.9 Å². The highest BCUT2D eigenvalue weighted by Gasteiger charge is 2.20. The molecule has 0 amide bonds. The van der Waals surface area contributed by atoms with Gasteiger partial charge in [-0.25, -0.2) is 0 Å². The molecule has 0 atom stereocenters. The molecule has 8 heteroatoms. The van der Waals surface area contributed by atoms with E-state index in [9.17, 15) is 0 Å². The molecule has 7 nitrogen and oxygen atoms in total. The molecule has 0 aromatic carbocycles. The van der Waals surface area contributed by atoms with Crippen molar-refractivity contribution < 1.29 is 4.74 Å². The number of anilines is 1. The van der Waals surface area contributed by atoms with E-state index in [0.29, 0.717) is 24.2 Å². The lowest BCUT2D eigenvalue weighted by Gasteiger charge is -2.32. The molecule has 1 saturated heterocycles. The second-order valence-electron chi connectivity index (χ2n) is 4.46. The lowest BCUT2D eigenvalue weighted by atomic mass is 10.1. The van der Waals surface area contributed by atoms with E-state index in [-0.39, 0.29) is 0 Å². The van der Waals surface area contributed by atoms with Crippen molar-refractivity contribution in [3.63, 3.8) is 0 Å². The van der Waals surface area contributed by atoms with E-state index in [1.807, 2.05) is 12.1 Å². The number of tetrazole rings is 1. The molecule has 19 heavy (non-hydrogen) atoms. The second kappa shape index (κ2) is 5.66. The van der Waals surface area contributed by atoms with Crippen LogP contribution in [0.25, 0.3) is 5.65 Å². The predicted molar refractivity (Wildman–Crippen MR) is 70.5 cm³/mol. The van der Waals surface area contributed by atoms with Crippen LogP contribution < -0.4 is 4.90 Å². The van der Waals surface area contributed by atoms with Gasteiger partial charge in [-0.3, -0.25) is 0 Å². The first-order chi connectivity index (χ1) is 9.36. The van der Waals surface area contributed by atoms with Gasteiger partial charge in [-0.15, -0.1) is 26.4 Å². The third-order valence-corrected chi connectivity index (χ3v) is 3.41. The zero-order chi connectivity index (χ0) is 13.1. The first-order valence-corrected chi connectivity index (χ1v) is 6.88. The third kappa shape index (κ3) is 2.76. The lowest BCUT2D eigenvalue weighted by Crippen LogP contribution is -2.38. The highest BCUT2D eigenvalue weighted by Crippen LogP contribution is 2.19. The van der Waals surface area contributed by atoms with Gasteiger partial charge >= 0.3 is 0 Å². The standard InChI is InChI=1S/C11H15ClN6O/c12-5-8-19-9-3-6-17(7-4-9)11-2-1-10-13-15-16-18(10)14-11/h1-2,9H,3-8H2. The molecule has 1 aliphatic rings. The summed E-state index contributed by atoms with van der Waals surface area (Å²) in [4.78, 5) is 2.22. The molecule has 2 aromatic rings. The zero-order valence-electron chi connectivity index (χ0n) is 10.4. The normalized spacial score (nSPS) is 17.2. The lowest BCUT2D eigenvalue weighted by molar-refractivity contribution is 0.0470. The molecular formula is C11H15ClN6O. The Labute approximate surface area is 115 Å². The van der Waals surface area contributed by atoms with Crippen molar-refractivity contribution >= 4 is 23.1 Å². The van der Waals surface area contributed by atoms with Crippen molar-refractivity contribution in [3.05, 3.63) is 12.1 Å². The third-order valence-electron chi connectivity index (χ3n) is 3.25. The van der Waals surface area contributed by atoms with E-state index in [4.69, 9.17) is 16.3 Å². The maximum atomic E-state index is 5.66. The van der Waals surface area contributed by atoms with Crippen LogP contribution in [0.4, 0.5) is 5.82 Å². The fourth-order valence-corrected chi connectivity index (χ4v) is 2.36. The summed E-state index contributed by atoms with van der Waals surface area (Å²) < 4.78 is 7.11. The first-order valence-electron chi connectivity index (χ1n) is 6.35. The van der Waals surface area contributed by atoms with Crippen molar-refractivity contribution in [2.75, 3.05) is 30.5 Å². The van der Waals surface area contributed by atoms with Crippen molar-refractivity contribution in [2.24, 2.45) is 0 Å². The number of halogens is 1. The van der Waals surface area contributed by atoms with Gasteiger partial charge in [0.15, 0.2) is 11.5 Å². The average molecular weight is 283 g/mol. The molecule has 1 aliphatic heterocycles. The fourth-order valence-electron chi connectivity index (χ4n) is 2.27. The molecule has 0 spiro atoms. The molecular weight excluding hydrogens is 268 g/mol. The number of aromatic nitrogens is 5. The Kier molecular flexibility index (Phi) is 3.74. The summed E-state index contributed by atoms with van der Waals surface area (Å²) in [5.41, 5.74) is 0.657. The number of hydrogen-bond acceptors (Lipinski definition) is 6. The average Bonchev–Trinajstić information content (AvgIpc) is 2.93. The molecule has 0 aliphatic carbocycles. The summed E-state index contributed by atoms with van der Waals surface area (Å²) in [6.07, 6.45) is 2.30. The quantitative estimate of drug-likeness (QED) is 0.771. The molecule has 0 radical (unpaired) electrons. The van der Waals surface area contributed by atoms with Crippen LogP contribution in [0.15, 0.2) is 12.1 Å². The molecule has 102 valence electrons. The summed E-state index contributed by atoms with van der Waals surface area (Å²) in [6.45, 7) is 2.47. The fraction of sp³-hybridized carbons (Fsp3) is 0.636. The monoisotopic (exact) mass is 282 g/mol. The molecule has 0 saturated carbocycles. The van der Waals surface area contributed by atoms with Gasteiger partial charge in [0.2, 0.25) is 0 Å². The van der Waals surface area contributed by atoms with Crippen LogP contribution in [-0.2, 0) is 4.74 Å². The minimum absolute atomic E-state index is 0.312. The van der Waals surface area contributed by atoms with E-state index in [1.54, 1.807) is 0 Å². The zero-order valence-corrected chi connectivity index (χ0v) is 11.2. The molecule has 2 aromatic heterocycles. The second-order valence-corrected chi connectivity index (χ2v) is 4.84. The highest BCUT2D eigenvalue weighted by molar-refractivity contribution is 6.17. The van der Waals surface area contributed by atoms with Crippen molar-refractivity contribution in [2.45, 2.75) is 18.9 Å². The van der Waals surface area contributed by atoms with E-state index in [1.165, 1.54) is 4.63 Å². The van der Waals surface area contributed by atoms with E-state index < -0.39 is 0 Å². The van der Waals surface area contributed by atoms with Crippen LogP contribution in [0.3, 0.4) is 0 Å². The molecule has 0 bridgehead atoms. The van der Waals surface area contributed by atoms with Crippen molar-refractivity contribution in [3.8, 4) is 0 Å². The van der Waals surface area contributed by atoms with Crippen LogP contribution in [0.2, 0.25) is 0 Å². The van der Waals surface area contributed by atoms with Crippen LogP contribution >= 0.6 is 11.6 Å². The summed E-state index contributed by atoms with van der Waals surface area (Å²) >= 11 is 5.62. The highest BCUT2D eigenvalue weighted by atomic mass is 35.5. The van der Waals surface area contributed by atoms with Crippen molar-refractivity contribution in [1.82, 2.24) is 25.3 Å².